The Bertz CT molecular complexity index is 179. The molecule has 1 rings (SSSR count). The van der Waals surface area contributed by atoms with Crippen molar-refractivity contribution in [3.63, 3.8) is 0 Å². The summed E-state index contributed by atoms with van der Waals surface area (Å²) in [7, 11) is 0. The van der Waals surface area contributed by atoms with Gasteiger partial charge in [0.2, 0.25) is 0 Å². The minimum atomic E-state index is -0.611. The predicted octanol–water partition coefficient (Wildman–Crippen LogP) is 2.19. The third-order valence-corrected chi connectivity index (χ3v) is 3.71. The zero-order chi connectivity index (χ0) is 10.8. The first kappa shape index (κ1) is 12.0. The van der Waals surface area contributed by atoms with Crippen molar-refractivity contribution < 1.29 is 10.2 Å². The SMILES string of the molecule is CC1CCC(C(C)C)C(O)(CCO)C1. The average molecular weight is 200 g/mol. The van der Waals surface area contributed by atoms with Crippen LogP contribution in [-0.4, -0.2) is 22.4 Å². The Morgan fingerprint density at radius 2 is 2.00 bits per heavy atom. The van der Waals surface area contributed by atoms with Gasteiger partial charge in [0.1, 0.15) is 0 Å². The van der Waals surface area contributed by atoms with E-state index >= 15 is 0 Å². The van der Waals surface area contributed by atoms with E-state index in [-0.39, 0.29) is 6.61 Å². The number of hydrogen-bond donors (Lipinski definition) is 2. The van der Waals surface area contributed by atoms with Gasteiger partial charge >= 0.3 is 0 Å². The molecule has 0 aromatic rings. The van der Waals surface area contributed by atoms with Crippen molar-refractivity contribution in [2.75, 3.05) is 6.61 Å². The molecule has 84 valence electrons. The molecule has 0 aromatic carbocycles. The summed E-state index contributed by atoms with van der Waals surface area (Å²) >= 11 is 0. The first-order valence-corrected chi connectivity index (χ1v) is 5.83. The van der Waals surface area contributed by atoms with Crippen molar-refractivity contribution in [2.24, 2.45) is 17.8 Å². The molecule has 3 unspecified atom stereocenters. The number of aliphatic hydroxyl groups excluding tert-OH is 1. The Hall–Kier alpha value is -0.0800. The molecule has 2 heteroatoms. The summed E-state index contributed by atoms with van der Waals surface area (Å²) < 4.78 is 0. The molecule has 2 nitrogen and oxygen atoms in total. The fourth-order valence-electron chi connectivity index (χ4n) is 3.02. The second-order valence-corrected chi connectivity index (χ2v) is 5.31. The van der Waals surface area contributed by atoms with Crippen LogP contribution in [0.4, 0.5) is 0 Å². The van der Waals surface area contributed by atoms with E-state index < -0.39 is 5.60 Å². The molecule has 0 radical (unpaired) electrons. The quantitative estimate of drug-likeness (QED) is 0.733. The van der Waals surface area contributed by atoms with Gasteiger partial charge in [-0.1, -0.05) is 27.2 Å². The number of hydrogen-bond acceptors (Lipinski definition) is 2. The first-order chi connectivity index (χ1) is 6.49. The smallest absolute Gasteiger partial charge is 0.0702 e. The molecule has 0 bridgehead atoms. The maximum atomic E-state index is 10.5. The van der Waals surface area contributed by atoms with Crippen LogP contribution in [-0.2, 0) is 0 Å². The van der Waals surface area contributed by atoms with Gasteiger partial charge < -0.3 is 10.2 Å². The Morgan fingerprint density at radius 3 is 2.50 bits per heavy atom. The predicted molar refractivity (Wildman–Crippen MR) is 58.0 cm³/mol. The molecule has 3 atom stereocenters. The van der Waals surface area contributed by atoms with E-state index in [0.29, 0.717) is 24.2 Å². The normalized spacial score (nSPS) is 39.0. The van der Waals surface area contributed by atoms with E-state index in [1.807, 2.05) is 0 Å². The van der Waals surface area contributed by atoms with Crippen LogP contribution in [0, 0.1) is 17.8 Å². The van der Waals surface area contributed by atoms with Gasteiger partial charge in [0, 0.05) is 6.61 Å². The standard InChI is InChI=1S/C12H24O2/c1-9(2)11-5-4-10(3)8-12(11,14)6-7-13/h9-11,13-14H,4-8H2,1-3H3. The lowest BCUT2D eigenvalue weighted by atomic mass is 9.66. The Kier molecular flexibility index (Phi) is 3.96. The monoisotopic (exact) mass is 200 g/mol. The van der Waals surface area contributed by atoms with E-state index in [4.69, 9.17) is 5.11 Å². The highest BCUT2D eigenvalue weighted by Crippen LogP contribution is 2.42. The fourth-order valence-corrected chi connectivity index (χ4v) is 3.02. The van der Waals surface area contributed by atoms with Crippen LogP contribution in [0.1, 0.15) is 46.5 Å². The maximum absolute atomic E-state index is 10.5. The van der Waals surface area contributed by atoms with Crippen LogP contribution in [0.15, 0.2) is 0 Å². The molecule has 14 heavy (non-hydrogen) atoms. The molecule has 2 N–H and O–H groups in total. The highest BCUT2D eigenvalue weighted by atomic mass is 16.3. The van der Waals surface area contributed by atoms with Crippen LogP contribution in [0.3, 0.4) is 0 Å². The largest absolute Gasteiger partial charge is 0.396 e. The van der Waals surface area contributed by atoms with Gasteiger partial charge in [0.05, 0.1) is 5.60 Å². The fraction of sp³-hybridized carbons (Fsp3) is 1.00. The lowest BCUT2D eigenvalue weighted by molar-refractivity contribution is -0.0929. The van der Waals surface area contributed by atoms with Crippen molar-refractivity contribution in [3.05, 3.63) is 0 Å². The molecular formula is C12H24O2. The molecule has 0 heterocycles. The molecule has 1 saturated carbocycles. The van der Waals surface area contributed by atoms with Gasteiger partial charge in [0.15, 0.2) is 0 Å². The molecule has 0 saturated heterocycles. The molecule has 1 aliphatic carbocycles. The molecular weight excluding hydrogens is 176 g/mol. The van der Waals surface area contributed by atoms with Crippen LogP contribution in [0.25, 0.3) is 0 Å². The average Bonchev–Trinajstić information content (AvgIpc) is 2.02. The van der Waals surface area contributed by atoms with Gasteiger partial charge in [-0.3, -0.25) is 0 Å². The Balaban J connectivity index is 2.72. The summed E-state index contributed by atoms with van der Waals surface area (Å²) in [6, 6.07) is 0. The Labute approximate surface area is 87.3 Å². The van der Waals surface area contributed by atoms with Crippen molar-refractivity contribution in [1.29, 1.82) is 0 Å². The van der Waals surface area contributed by atoms with E-state index in [0.717, 1.165) is 12.8 Å². The molecule has 1 aliphatic rings. The molecule has 0 amide bonds. The first-order valence-electron chi connectivity index (χ1n) is 5.83. The van der Waals surface area contributed by atoms with Crippen LogP contribution >= 0.6 is 0 Å². The lowest BCUT2D eigenvalue weighted by Gasteiger charge is -2.44. The third-order valence-electron chi connectivity index (χ3n) is 3.71. The van der Waals surface area contributed by atoms with Gasteiger partial charge in [-0.05, 0) is 37.0 Å². The van der Waals surface area contributed by atoms with E-state index in [1.165, 1.54) is 6.42 Å². The molecule has 0 aliphatic heterocycles. The zero-order valence-corrected chi connectivity index (χ0v) is 9.66. The van der Waals surface area contributed by atoms with Crippen LogP contribution in [0.5, 0.6) is 0 Å². The van der Waals surface area contributed by atoms with Gasteiger partial charge in [0.25, 0.3) is 0 Å². The van der Waals surface area contributed by atoms with E-state index in [9.17, 15) is 5.11 Å². The minimum Gasteiger partial charge on any atom is -0.396 e. The summed E-state index contributed by atoms with van der Waals surface area (Å²) in [6.07, 6.45) is 3.72. The molecule has 1 fully saturated rings. The summed E-state index contributed by atoms with van der Waals surface area (Å²) in [5, 5.41) is 19.5. The maximum Gasteiger partial charge on any atom is 0.0702 e. The topological polar surface area (TPSA) is 40.5 Å². The number of aliphatic hydroxyl groups is 2. The summed E-state index contributed by atoms with van der Waals surface area (Å²) in [5.41, 5.74) is -0.611. The van der Waals surface area contributed by atoms with Gasteiger partial charge in [-0.25, -0.2) is 0 Å². The number of rotatable bonds is 3. The van der Waals surface area contributed by atoms with Crippen molar-refractivity contribution >= 4 is 0 Å². The summed E-state index contributed by atoms with van der Waals surface area (Å²) in [5.74, 6) is 1.48. The van der Waals surface area contributed by atoms with Crippen LogP contribution < -0.4 is 0 Å². The summed E-state index contributed by atoms with van der Waals surface area (Å²) in [4.78, 5) is 0. The van der Waals surface area contributed by atoms with Crippen molar-refractivity contribution in [3.8, 4) is 0 Å². The zero-order valence-electron chi connectivity index (χ0n) is 9.66. The summed E-state index contributed by atoms with van der Waals surface area (Å²) in [6.45, 7) is 6.64. The minimum absolute atomic E-state index is 0.104. The van der Waals surface area contributed by atoms with E-state index in [1.54, 1.807) is 0 Å². The van der Waals surface area contributed by atoms with Gasteiger partial charge in [-0.2, -0.15) is 0 Å². The highest BCUT2D eigenvalue weighted by Gasteiger charge is 2.41. The van der Waals surface area contributed by atoms with E-state index in [2.05, 4.69) is 20.8 Å². The second-order valence-electron chi connectivity index (χ2n) is 5.31. The highest BCUT2D eigenvalue weighted by molar-refractivity contribution is 4.93. The third kappa shape index (κ3) is 2.48. The molecule has 0 spiro atoms. The van der Waals surface area contributed by atoms with Gasteiger partial charge in [-0.15, -0.1) is 0 Å². The van der Waals surface area contributed by atoms with Crippen molar-refractivity contribution in [2.45, 2.75) is 52.1 Å². The lowest BCUT2D eigenvalue weighted by Crippen LogP contribution is -2.46. The Morgan fingerprint density at radius 1 is 1.36 bits per heavy atom. The van der Waals surface area contributed by atoms with Crippen molar-refractivity contribution in [1.82, 2.24) is 0 Å². The van der Waals surface area contributed by atoms with Crippen LogP contribution in [0.2, 0.25) is 0 Å². The molecule has 0 aromatic heterocycles. The second kappa shape index (κ2) is 4.63.